The largest absolute Gasteiger partial charge is 0.324 e. The first kappa shape index (κ1) is 10.7. The number of hydrogen-bond donors (Lipinski definition) is 3. The van der Waals surface area contributed by atoms with Crippen LogP contribution in [0.5, 0.6) is 0 Å². The fraction of sp³-hybridized carbons (Fsp3) is 0. The van der Waals surface area contributed by atoms with E-state index in [0.29, 0.717) is 22.8 Å². The van der Waals surface area contributed by atoms with E-state index in [1.165, 1.54) is 10.6 Å². The molecule has 3 aromatic heterocycles. The molecule has 0 bridgehead atoms. The van der Waals surface area contributed by atoms with Crippen LogP contribution in [0.25, 0.3) is 16.8 Å². The van der Waals surface area contributed by atoms with Gasteiger partial charge in [0.25, 0.3) is 5.56 Å². The van der Waals surface area contributed by atoms with E-state index in [2.05, 4.69) is 30.7 Å². The Morgan fingerprint density at radius 2 is 2.00 bits per heavy atom. The van der Waals surface area contributed by atoms with Crippen molar-refractivity contribution in [3.8, 4) is 0 Å². The Hall–Kier alpha value is -3.16. The van der Waals surface area contributed by atoms with Crippen LogP contribution in [0.15, 0.2) is 41.3 Å². The Bertz CT molecular complexity index is 950. The molecular formula is C12H9N7O. The molecule has 0 amide bonds. The molecule has 0 unspecified atom stereocenters. The van der Waals surface area contributed by atoms with Crippen LogP contribution in [0.4, 0.5) is 11.6 Å². The van der Waals surface area contributed by atoms with Crippen molar-refractivity contribution in [3.63, 3.8) is 0 Å². The minimum absolute atomic E-state index is 0.231. The molecule has 1 aromatic carbocycles. The number of H-pyrrole nitrogens is 2. The van der Waals surface area contributed by atoms with E-state index in [1.807, 2.05) is 30.3 Å². The summed E-state index contributed by atoms with van der Waals surface area (Å²) in [5.74, 6) is 0.733. The molecule has 0 radical (unpaired) electrons. The van der Waals surface area contributed by atoms with Crippen molar-refractivity contribution in [1.82, 2.24) is 29.8 Å². The van der Waals surface area contributed by atoms with Gasteiger partial charge >= 0.3 is 0 Å². The van der Waals surface area contributed by atoms with Crippen molar-refractivity contribution >= 4 is 28.4 Å². The molecule has 0 aliphatic rings. The highest BCUT2D eigenvalue weighted by Crippen LogP contribution is 2.14. The standard InChI is InChI=1S/C12H9N7O/c20-10-8-6-13-16-9(8)15-12-18-17-11(19(10)12)14-7-4-2-1-3-5-7/h1-6H,(H,14,17)(H2,13,15,16,18). The van der Waals surface area contributed by atoms with Crippen LogP contribution in [0.3, 0.4) is 0 Å². The van der Waals surface area contributed by atoms with Crippen LogP contribution in [0.2, 0.25) is 0 Å². The lowest BCUT2D eigenvalue weighted by Crippen LogP contribution is -2.15. The number of fused-ring (bicyclic) bond motifs is 2. The third-order valence-corrected chi connectivity index (χ3v) is 2.99. The molecule has 3 heterocycles. The Morgan fingerprint density at radius 1 is 1.15 bits per heavy atom. The van der Waals surface area contributed by atoms with Gasteiger partial charge in [0, 0.05) is 5.69 Å². The number of nitrogens with one attached hydrogen (secondary N) is 3. The van der Waals surface area contributed by atoms with E-state index in [-0.39, 0.29) is 5.56 Å². The zero-order chi connectivity index (χ0) is 13.5. The highest BCUT2D eigenvalue weighted by atomic mass is 16.1. The summed E-state index contributed by atoms with van der Waals surface area (Å²) in [4.78, 5) is 16.6. The lowest BCUT2D eigenvalue weighted by atomic mass is 10.3. The molecule has 4 aromatic rings. The topological polar surface area (TPSA) is 104 Å². The first-order valence-electron chi connectivity index (χ1n) is 5.95. The summed E-state index contributed by atoms with van der Waals surface area (Å²) < 4.78 is 1.38. The van der Waals surface area contributed by atoms with Crippen molar-refractivity contribution in [2.45, 2.75) is 0 Å². The monoisotopic (exact) mass is 267 g/mol. The van der Waals surface area contributed by atoms with E-state index in [0.717, 1.165) is 5.69 Å². The summed E-state index contributed by atoms with van der Waals surface area (Å²) in [5, 5.41) is 16.8. The molecule has 98 valence electrons. The van der Waals surface area contributed by atoms with Crippen LogP contribution < -0.4 is 10.9 Å². The van der Waals surface area contributed by atoms with Gasteiger partial charge in [0.1, 0.15) is 5.39 Å². The van der Waals surface area contributed by atoms with Gasteiger partial charge in [-0.25, -0.2) is 9.50 Å². The zero-order valence-electron chi connectivity index (χ0n) is 10.2. The highest BCUT2D eigenvalue weighted by molar-refractivity contribution is 5.75. The van der Waals surface area contributed by atoms with Gasteiger partial charge in [-0.05, 0) is 12.1 Å². The number of aromatic nitrogens is 6. The molecule has 0 aliphatic heterocycles. The smallest absolute Gasteiger partial charge is 0.273 e. The lowest BCUT2D eigenvalue weighted by molar-refractivity contribution is 1.07. The van der Waals surface area contributed by atoms with Gasteiger partial charge in [-0.1, -0.05) is 18.2 Å². The second kappa shape index (κ2) is 3.92. The summed E-state index contributed by atoms with van der Waals surface area (Å²) in [5.41, 5.74) is 1.04. The molecule has 4 rings (SSSR count). The summed E-state index contributed by atoms with van der Waals surface area (Å²) in [6.07, 6.45) is 1.45. The van der Waals surface area contributed by atoms with Crippen LogP contribution in [0.1, 0.15) is 0 Å². The minimum Gasteiger partial charge on any atom is -0.324 e. The molecule has 8 nitrogen and oxygen atoms in total. The molecule has 20 heavy (non-hydrogen) atoms. The van der Waals surface area contributed by atoms with Gasteiger partial charge in [-0.3, -0.25) is 9.89 Å². The molecule has 0 spiro atoms. The number of aromatic amines is 2. The quantitative estimate of drug-likeness (QED) is 0.503. The van der Waals surface area contributed by atoms with Gasteiger partial charge in [0.2, 0.25) is 11.7 Å². The van der Waals surface area contributed by atoms with Crippen molar-refractivity contribution in [2.24, 2.45) is 0 Å². The SMILES string of the molecule is O=c1c2cn[nH]c2nc2[nH]nc(Nc3ccccc3)n12. The fourth-order valence-corrected chi connectivity index (χ4v) is 2.05. The van der Waals surface area contributed by atoms with E-state index < -0.39 is 0 Å². The average molecular weight is 267 g/mol. The van der Waals surface area contributed by atoms with Gasteiger partial charge in [-0.2, -0.15) is 10.1 Å². The molecule has 3 N–H and O–H groups in total. The molecular weight excluding hydrogens is 258 g/mol. The summed E-state index contributed by atoms with van der Waals surface area (Å²) in [6, 6.07) is 9.47. The van der Waals surface area contributed by atoms with Crippen molar-refractivity contribution < 1.29 is 0 Å². The lowest BCUT2D eigenvalue weighted by Gasteiger charge is -2.02. The predicted molar refractivity (Wildman–Crippen MR) is 73.0 cm³/mol. The van der Waals surface area contributed by atoms with Crippen LogP contribution >= 0.6 is 0 Å². The normalized spacial score (nSPS) is 11.2. The van der Waals surface area contributed by atoms with Crippen LogP contribution in [-0.4, -0.2) is 29.8 Å². The van der Waals surface area contributed by atoms with E-state index in [9.17, 15) is 4.79 Å². The summed E-state index contributed by atoms with van der Waals surface area (Å²) in [7, 11) is 0. The summed E-state index contributed by atoms with van der Waals surface area (Å²) in [6.45, 7) is 0. The molecule has 0 saturated heterocycles. The highest BCUT2D eigenvalue weighted by Gasteiger charge is 2.13. The maximum atomic E-state index is 12.4. The van der Waals surface area contributed by atoms with Crippen molar-refractivity contribution in [1.29, 1.82) is 0 Å². The van der Waals surface area contributed by atoms with Gasteiger partial charge in [-0.15, -0.1) is 5.10 Å². The second-order valence-electron chi connectivity index (χ2n) is 4.25. The van der Waals surface area contributed by atoms with Crippen LogP contribution in [0, 0.1) is 0 Å². The van der Waals surface area contributed by atoms with Crippen molar-refractivity contribution in [3.05, 3.63) is 46.9 Å². The maximum absolute atomic E-state index is 12.4. The Labute approximate surface area is 111 Å². The number of benzene rings is 1. The number of hydrogen-bond acceptors (Lipinski definition) is 5. The Morgan fingerprint density at radius 3 is 2.85 bits per heavy atom. The van der Waals surface area contributed by atoms with E-state index >= 15 is 0 Å². The number of para-hydroxylation sites is 1. The first-order chi connectivity index (χ1) is 9.83. The predicted octanol–water partition coefficient (Wildman–Crippen LogP) is 1.04. The average Bonchev–Trinajstić information content (AvgIpc) is 3.08. The maximum Gasteiger partial charge on any atom is 0.273 e. The van der Waals surface area contributed by atoms with Gasteiger partial charge in [0.15, 0.2) is 5.65 Å². The van der Waals surface area contributed by atoms with Crippen molar-refractivity contribution in [2.75, 3.05) is 5.32 Å². The zero-order valence-corrected chi connectivity index (χ0v) is 10.2. The number of nitrogens with zero attached hydrogens (tertiary/aromatic N) is 4. The molecule has 0 saturated carbocycles. The minimum atomic E-state index is -0.231. The van der Waals surface area contributed by atoms with E-state index in [4.69, 9.17) is 0 Å². The van der Waals surface area contributed by atoms with Gasteiger partial charge < -0.3 is 5.32 Å². The fourth-order valence-electron chi connectivity index (χ4n) is 2.05. The van der Waals surface area contributed by atoms with Gasteiger partial charge in [0.05, 0.1) is 6.20 Å². The number of rotatable bonds is 2. The molecule has 0 fully saturated rings. The third-order valence-electron chi connectivity index (χ3n) is 2.99. The Balaban J connectivity index is 1.94. The number of anilines is 2. The molecule has 0 atom stereocenters. The Kier molecular flexibility index (Phi) is 2.10. The molecule has 8 heteroatoms. The molecule has 0 aliphatic carbocycles. The van der Waals surface area contributed by atoms with Crippen LogP contribution in [-0.2, 0) is 0 Å². The second-order valence-corrected chi connectivity index (χ2v) is 4.25. The summed E-state index contributed by atoms with van der Waals surface area (Å²) >= 11 is 0. The van der Waals surface area contributed by atoms with E-state index in [1.54, 1.807) is 0 Å². The third kappa shape index (κ3) is 1.48. The first-order valence-corrected chi connectivity index (χ1v) is 5.95.